The topological polar surface area (TPSA) is 132 Å². The lowest BCUT2D eigenvalue weighted by molar-refractivity contribution is -0.120. The molecular weight excluding hydrogens is 460 g/mol. The number of amides is 1. The molecule has 4 rings (SSSR count). The van der Waals surface area contributed by atoms with Crippen LogP contribution in [0.1, 0.15) is 29.1 Å². The Balaban J connectivity index is 1.45. The van der Waals surface area contributed by atoms with E-state index in [0.717, 1.165) is 0 Å². The van der Waals surface area contributed by atoms with Gasteiger partial charge in [-0.3, -0.25) is 4.79 Å². The number of aryl methyl sites for hydroxylation is 1. The van der Waals surface area contributed by atoms with E-state index >= 15 is 0 Å². The molecule has 1 saturated heterocycles. The van der Waals surface area contributed by atoms with Crippen LogP contribution in [0.5, 0.6) is 0 Å². The summed E-state index contributed by atoms with van der Waals surface area (Å²) in [7, 11) is -2.72. The van der Waals surface area contributed by atoms with Gasteiger partial charge in [0.25, 0.3) is 0 Å². The van der Waals surface area contributed by atoms with Gasteiger partial charge in [-0.05, 0) is 37.1 Å². The molecule has 1 aliphatic heterocycles. The number of aromatic nitrogens is 2. The van der Waals surface area contributed by atoms with Gasteiger partial charge in [-0.15, -0.1) is 0 Å². The van der Waals surface area contributed by atoms with Gasteiger partial charge in [0, 0.05) is 31.5 Å². The lowest BCUT2D eigenvalue weighted by Crippen LogP contribution is -2.41. The highest BCUT2D eigenvalue weighted by molar-refractivity contribution is 7.89. The van der Waals surface area contributed by atoms with E-state index in [1.54, 1.807) is 37.3 Å². The standard InChI is InChI=1S/C23H24N4O6S/c1-15-24-21(26-33-15)17-7-3-5-9-19(17)25-22(28)16-11-13-27(14-12-16)34(30,31)20-10-6-4-8-18(20)23(29)32-2/h3-10,16H,11-14H2,1-2H3,(H,25,28). The maximum atomic E-state index is 13.2. The van der Waals surface area contributed by atoms with E-state index in [9.17, 15) is 18.0 Å². The van der Waals surface area contributed by atoms with Crippen LogP contribution in [-0.4, -0.2) is 54.9 Å². The van der Waals surface area contributed by atoms with Gasteiger partial charge in [0.1, 0.15) is 0 Å². The van der Waals surface area contributed by atoms with E-state index in [4.69, 9.17) is 9.26 Å². The van der Waals surface area contributed by atoms with E-state index in [1.807, 2.05) is 6.07 Å². The van der Waals surface area contributed by atoms with Crippen molar-refractivity contribution in [3.63, 3.8) is 0 Å². The lowest BCUT2D eigenvalue weighted by Gasteiger charge is -2.31. The number of benzene rings is 2. The zero-order chi connectivity index (χ0) is 24.3. The van der Waals surface area contributed by atoms with Crippen LogP contribution in [0.4, 0.5) is 5.69 Å². The molecule has 0 bridgehead atoms. The molecule has 0 atom stereocenters. The number of nitrogens with zero attached hydrogens (tertiary/aromatic N) is 3. The smallest absolute Gasteiger partial charge is 0.339 e. The van der Waals surface area contributed by atoms with Crippen LogP contribution in [0.25, 0.3) is 11.4 Å². The first-order chi connectivity index (χ1) is 16.3. The monoisotopic (exact) mass is 484 g/mol. The molecule has 1 aliphatic rings. The van der Waals surface area contributed by atoms with E-state index < -0.39 is 16.0 Å². The fourth-order valence-corrected chi connectivity index (χ4v) is 5.55. The third-order valence-corrected chi connectivity index (χ3v) is 7.65. The predicted molar refractivity (Wildman–Crippen MR) is 122 cm³/mol. The van der Waals surface area contributed by atoms with Gasteiger partial charge in [-0.25, -0.2) is 13.2 Å². The van der Waals surface area contributed by atoms with Crippen molar-refractivity contribution in [3.8, 4) is 11.4 Å². The minimum atomic E-state index is -3.92. The largest absolute Gasteiger partial charge is 0.465 e. The van der Waals surface area contributed by atoms with Gasteiger partial charge in [-0.1, -0.05) is 29.4 Å². The van der Waals surface area contributed by atoms with Crippen LogP contribution in [0.2, 0.25) is 0 Å². The Bertz CT molecular complexity index is 1310. The van der Waals surface area contributed by atoms with Crippen LogP contribution in [0, 0.1) is 12.8 Å². The molecule has 1 amide bonds. The van der Waals surface area contributed by atoms with Crippen molar-refractivity contribution < 1.29 is 27.3 Å². The molecule has 2 aromatic carbocycles. The molecule has 0 saturated carbocycles. The van der Waals surface area contributed by atoms with Crippen molar-refractivity contribution >= 4 is 27.6 Å². The van der Waals surface area contributed by atoms with Crippen molar-refractivity contribution in [1.29, 1.82) is 0 Å². The van der Waals surface area contributed by atoms with Crippen molar-refractivity contribution in [2.24, 2.45) is 5.92 Å². The molecule has 34 heavy (non-hydrogen) atoms. The quantitative estimate of drug-likeness (QED) is 0.528. The average molecular weight is 485 g/mol. The number of nitrogens with one attached hydrogen (secondary N) is 1. The van der Waals surface area contributed by atoms with Crippen LogP contribution in [-0.2, 0) is 19.6 Å². The second-order valence-corrected chi connectivity index (χ2v) is 9.74. The highest BCUT2D eigenvalue weighted by atomic mass is 32.2. The summed E-state index contributed by atoms with van der Waals surface area (Å²) < 4.78 is 37.4. The molecule has 0 radical (unpaired) electrons. The molecule has 1 N–H and O–H groups in total. The van der Waals surface area contributed by atoms with Gasteiger partial charge in [0.05, 0.1) is 23.3 Å². The molecule has 178 valence electrons. The summed E-state index contributed by atoms with van der Waals surface area (Å²) in [5, 5.41) is 6.83. The highest BCUT2D eigenvalue weighted by Crippen LogP contribution is 2.29. The van der Waals surface area contributed by atoms with E-state index in [-0.39, 0.29) is 35.4 Å². The number of sulfonamides is 1. The Morgan fingerprint density at radius 1 is 1.09 bits per heavy atom. The van der Waals surface area contributed by atoms with Gasteiger partial charge in [0.2, 0.25) is 27.6 Å². The third-order valence-electron chi connectivity index (χ3n) is 5.69. The molecule has 10 nitrogen and oxygen atoms in total. The number of carbonyl (C=O) groups is 2. The number of carbonyl (C=O) groups excluding carboxylic acids is 2. The summed E-state index contributed by atoms with van der Waals surface area (Å²) in [5.74, 6) is -0.511. The Labute approximate surface area is 197 Å². The van der Waals surface area contributed by atoms with Crippen LogP contribution in [0.15, 0.2) is 57.9 Å². The van der Waals surface area contributed by atoms with E-state index in [2.05, 4.69) is 15.5 Å². The third kappa shape index (κ3) is 4.70. The zero-order valence-corrected chi connectivity index (χ0v) is 19.5. The number of esters is 1. The minimum absolute atomic E-state index is 0.0156. The van der Waals surface area contributed by atoms with Crippen LogP contribution in [0.3, 0.4) is 0 Å². The number of piperidine rings is 1. The molecular formula is C23H24N4O6S. The Hall–Kier alpha value is -3.57. The van der Waals surface area contributed by atoms with Gasteiger partial charge in [0.15, 0.2) is 0 Å². The Kier molecular flexibility index (Phi) is 6.75. The number of rotatable bonds is 6. The van der Waals surface area contributed by atoms with Crippen LogP contribution < -0.4 is 5.32 Å². The number of hydrogen-bond donors (Lipinski definition) is 1. The summed E-state index contributed by atoms with van der Waals surface area (Å²) >= 11 is 0. The first kappa shape index (κ1) is 23.6. The van der Waals surface area contributed by atoms with E-state index in [0.29, 0.717) is 35.8 Å². The molecule has 2 heterocycles. The minimum Gasteiger partial charge on any atom is -0.465 e. The first-order valence-corrected chi connectivity index (χ1v) is 12.1. The molecule has 1 aromatic heterocycles. The zero-order valence-electron chi connectivity index (χ0n) is 18.7. The molecule has 0 spiro atoms. The summed E-state index contributed by atoms with van der Waals surface area (Å²) in [6.07, 6.45) is 0.684. The van der Waals surface area contributed by atoms with Crippen molar-refractivity contribution in [1.82, 2.24) is 14.4 Å². The highest BCUT2D eigenvalue weighted by Gasteiger charge is 2.34. The SMILES string of the molecule is COC(=O)c1ccccc1S(=O)(=O)N1CCC(C(=O)Nc2ccccc2-c2noc(C)n2)CC1. The Morgan fingerprint density at radius 2 is 1.76 bits per heavy atom. The van der Waals surface area contributed by atoms with Crippen molar-refractivity contribution in [3.05, 3.63) is 60.0 Å². The Morgan fingerprint density at radius 3 is 2.44 bits per heavy atom. The molecule has 11 heteroatoms. The van der Waals surface area contributed by atoms with E-state index in [1.165, 1.54) is 23.5 Å². The predicted octanol–water partition coefficient (Wildman–Crippen LogP) is 2.87. The van der Waals surface area contributed by atoms with Gasteiger partial charge >= 0.3 is 5.97 Å². The average Bonchev–Trinajstić information content (AvgIpc) is 3.30. The summed E-state index contributed by atoms with van der Waals surface area (Å²) in [6.45, 7) is 1.99. The maximum Gasteiger partial charge on any atom is 0.339 e. The first-order valence-electron chi connectivity index (χ1n) is 10.7. The molecule has 3 aromatic rings. The summed E-state index contributed by atoms with van der Waals surface area (Å²) in [5.41, 5.74) is 1.17. The number of anilines is 1. The maximum absolute atomic E-state index is 13.2. The normalized spacial score (nSPS) is 15.1. The summed E-state index contributed by atoms with van der Waals surface area (Å²) in [4.78, 5) is 29.1. The van der Waals surface area contributed by atoms with Crippen LogP contribution >= 0.6 is 0 Å². The van der Waals surface area contributed by atoms with Gasteiger partial charge in [-0.2, -0.15) is 9.29 Å². The van der Waals surface area contributed by atoms with Gasteiger partial charge < -0.3 is 14.6 Å². The van der Waals surface area contributed by atoms with Crippen molar-refractivity contribution in [2.75, 3.05) is 25.5 Å². The number of hydrogen-bond acceptors (Lipinski definition) is 8. The second kappa shape index (κ2) is 9.74. The molecule has 0 aliphatic carbocycles. The number of para-hydroxylation sites is 1. The van der Waals surface area contributed by atoms with Crippen molar-refractivity contribution in [2.45, 2.75) is 24.7 Å². The number of methoxy groups -OCH3 is 1. The fourth-order valence-electron chi connectivity index (χ4n) is 3.90. The molecule has 0 unspecified atom stereocenters. The lowest BCUT2D eigenvalue weighted by atomic mass is 9.97. The number of ether oxygens (including phenoxy) is 1. The summed E-state index contributed by atoms with van der Waals surface area (Å²) in [6, 6.07) is 13.1. The second-order valence-electron chi connectivity index (χ2n) is 7.84. The fraction of sp³-hybridized carbons (Fsp3) is 0.304. The molecule has 1 fully saturated rings.